The minimum absolute atomic E-state index is 0. The van der Waals surface area contributed by atoms with Crippen LogP contribution in [0.5, 0.6) is 0 Å². The highest BCUT2D eigenvalue weighted by molar-refractivity contribution is 7.17. The van der Waals surface area contributed by atoms with Crippen LogP contribution in [0.2, 0.25) is 0 Å². The molecule has 0 aromatic carbocycles. The van der Waals surface area contributed by atoms with Crippen molar-refractivity contribution in [1.82, 2.24) is 15.3 Å². The molecule has 0 unspecified atom stereocenters. The molecule has 5 heterocycles. The van der Waals surface area contributed by atoms with E-state index in [0.29, 0.717) is 5.92 Å². The number of morpholine rings is 1. The van der Waals surface area contributed by atoms with Crippen LogP contribution in [-0.2, 0) is 4.74 Å². The Morgan fingerprint density at radius 3 is 3.08 bits per heavy atom. The van der Waals surface area contributed by atoms with Gasteiger partial charge in [0.05, 0.1) is 22.9 Å². The lowest BCUT2D eigenvalue weighted by Gasteiger charge is -2.34. The molecular weight excluding hydrogens is 383 g/mol. The van der Waals surface area contributed by atoms with Gasteiger partial charge in [-0.25, -0.2) is 9.97 Å². The lowest BCUT2D eigenvalue weighted by molar-refractivity contribution is -0.0654. The number of aliphatic hydroxyl groups is 1. The summed E-state index contributed by atoms with van der Waals surface area (Å²) < 4.78 is 7.53. The molecule has 9 heteroatoms. The van der Waals surface area contributed by atoms with Gasteiger partial charge in [0.15, 0.2) is 0 Å². The van der Waals surface area contributed by atoms with E-state index in [1.807, 2.05) is 6.92 Å². The average molecular weight is 405 g/mol. The summed E-state index contributed by atoms with van der Waals surface area (Å²) in [5.41, 5.74) is 0.838. The Morgan fingerprint density at radius 2 is 2.28 bits per heavy atom. The van der Waals surface area contributed by atoms with E-state index in [-0.39, 0.29) is 49.0 Å². The van der Waals surface area contributed by atoms with E-state index < -0.39 is 0 Å². The van der Waals surface area contributed by atoms with Crippen molar-refractivity contribution in [3.63, 3.8) is 0 Å². The van der Waals surface area contributed by atoms with Gasteiger partial charge in [-0.2, -0.15) is 0 Å². The van der Waals surface area contributed by atoms with Crippen LogP contribution in [0, 0.1) is 18.8 Å². The molecule has 5 rings (SSSR count). The van der Waals surface area contributed by atoms with E-state index in [1.165, 1.54) is 0 Å². The molecule has 0 saturated carbocycles. The molecule has 0 aliphatic carbocycles. The summed E-state index contributed by atoms with van der Waals surface area (Å²) in [6, 6.07) is 2.05. The van der Waals surface area contributed by atoms with E-state index in [2.05, 4.69) is 26.6 Å². The Hall–Kier alpha value is -0.700. The van der Waals surface area contributed by atoms with Crippen molar-refractivity contribution in [1.29, 1.82) is 0 Å². The van der Waals surface area contributed by atoms with Gasteiger partial charge in [0.1, 0.15) is 17.2 Å². The standard InChI is InChI=1S/C16H20N4O2S.2ClH/c1-9-18-12-2-3-23-14(12)15(19-9)20-5-11-10(6-21)13-4-17-7-16(11,8-20)22-13;;/h2-3,10-11,13,17,21H,4-8H2,1H3;2*1H/t10-,11+,13+,16+;;/m0../s1. The predicted octanol–water partition coefficient (Wildman–Crippen LogP) is 1.63. The van der Waals surface area contributed by atoms with Gasteiger partial charge in [-0.05, 0) is 18.4 Å². The van der Waals surface area contributed by atoms with Crippen LogP contribution >= 0.6 is 36.2 Å². The number of ether oxygens (including phenoxy) is 1. The first-order valence-electron chi connectivity index (χ1n) is 8.16. The molecule has 2 aromatic rings. The number of aryl methyl sites for hydroxylation is 1. The quantitative estimate of drug-likeness (QED) is 0.792. The molecule has 3 aliphatic heterocycles. The van der Waals surface area contributed by atoms with Gasteiger partial charge in [0.25, 0.3) is 0 Å². The van der Waals surface area contributed by atoms with E-state index in [4.69, 9.17) is 9.72 Å². The number of halogens is 2. The third-order valence-corrected chi connectivity index (χ3v) is 6.51. The molecule has 138 valence electrons. The molecule has 2 bridgehead atoms. The van der Waals surface area contributed by atoms with Crippen molar-refractivity contribution in [3.05, 3.63) is 17.3 Å². The van der Waals surface area contributed by atoms with Crippen molar-refractivity contribution in [2.75, 3.05) is 37.7 Å². The average Bonchev–Trinajstić information content (AvgIpc) is 3.17. The van der Waals surface area contributed by atoms with Crippen molar-refractivity contribution in [3.8, 4) is 0 Å². The summed E-state index contributed by atoms with van der Waals surface area (Å²) in [6.45, 7) is 5.59. The monoisotopic (exact) mass is 404 g/mol. The Morgan fingerprint density at radius 1 is 1.44 bits per heavy atom. The molecule has 3 aliphatic rings. The fourth-order valence-electron chi connectivity index (χ4n) is 4.64. The number of nitrogens with one attached hydrogen (secondary N) is 1. The third-order valence-electron chi connectivity index (χ3n) is 5.61. The molecule has 1 spiro atoms. The van der Waals surface area contributed by atoms with Crippen molar-refractivity contribution in [2.45, 2.75) is 18.6 Å². The predicted molar refractivity (Wildman–Crippen MR) is 103 cm³/mol. The smallest absolute Gasteiger partial charge is 0.150 e. The fraction of sp³-hybridized carbons (Fsp3) is 0.625. The summed E-state index contributed by atoms with van der Waals surface area (Å²) >= 11 is 1.69. The van der Waals surface area contributed by atoms with Crippen LogP contribution in [0.1, 0.15) is 5.82 Å². The van der Waals surface area contributed by atoms with Gasteiger partial charge >= 0.3 is 0 Å². The summed E-state index contributed by atoms with van der Waals surface area (Å²) in [5, 5.41) is 15.4. The van der Waals surface area contributed by atoms with Crippen molar-refractivity contribution < 1.29 is 9.84 Å². The number of fused-ring (bicyclic) bond motifs is 2. The second-order valence-corrected chi connectivity index (χ2v) is 7.83. The number of rotatable bonds is 2. The Labute approximate surface area is 162 Å². The largest absolute Gasteiger partial charge is 0.396 e. The number of thiophene rings is 1. The minimum atomic E-state index is -0.182. The minimum Gasteiger partial charge on any atom is -0.396 e. The molecule has 3 saturated heterocycles. The van der Waals surface area contributed by atoms with Crippen LogP contribution in [0.15, 0.2) is 11.4 Å². The zero-order valence-corrected chi connectivity index (χ0v) is 16.3. The molecule has 6 nitrogen and oxygen atoms in total. The van der Waals surface area contributed by atoms with Gasteiger partial charge in [-0.3, -0.25) is 0 Å². The summed E-state index contributed by atoms with van der Waals surface area (Å²) in [6.07, 6.45) is 0.148. The summed E-state index contributed by atoms with van der Waals surface area (Å²) in [4.78, 5) is 11.6. The molecule has 0 radical (unpaired) electrons. The third kappa shape index (κ3) is 2.72. The summed E-state index contributed by atoms with van der Waals surface area (Å²) in [7, 11) is 0. The SMILES string of the molecule is Cc1nc(N2C[C@@H]3[C@H](CO)[C@H]4CNC[C@]3(C2)O4)c2sccc2n1.Cl.Cl. The first kappa shape index (κ1) is 19.1. The van der Waals surface area contributed by atoms with E-state index >= 15 is 0 Å². The van der Waals surface area contributed by atoms with E-state index in [9.17, 15) is 5.11 Å². The number of aliphatic hydroxyl groups excluding tert-OH is 1. The van der Waals surface area contributed by atoms with Crippen LogP contribution in [0.25, 0.3) is 10.2 Å². The maximum atomic E-state index is 9.85. The highest BCUT2D eigenvalue weighted by Gasteiger charge is 2.61. The van der Waals surface area contributed by atoms with Gasteiger partial charge in [0, 0.05) is 38.1 Å². The maximum absolute atomic E-state index is 9.85. The maximum Gasteiger partial charge on any atom is 0.150 e. The molecule has 2 N–H and O–H groups in total. The fourth-order valence-corrected chi connectivity index (χ4v) is 5.48. The normalized spacial score (nSPS) is 33.0. The lowest BCUT2D eigenvalue weighted by atomic mass is 9.83. The lowest BCUT2D eigenvalue weighted by Crippen LogP contribution is -2.52. The molecule has 3 fully saturated rings. The number of nitrogens with zero attached hydrogens (tertiary/aromatic N) is 3. The first-order chi connectivity index (χ1) is 11.2. The molecular formula is C16H22Cl2N4O2S. The molecule has 4 atom stereocenters. The number of aromatic nitrogens is 2. The van der Waals surface area contributed by atoms with E-state index in [0.717, 1.165) is 48.0 Å². The number of hydrogen-bond acceptors (Lipinski definition) is 7. The first-order valence-corrected chi connectivity index (χ1v) is 9.04. The highest BCUT2D eigenvalue weighted by atomic mass is 35.5. The van der Waals surface area contributed by atoms with E-state index in [1.54, 1.807) is 11.3 Å². The second kappa shape index (κ2) is 6.79. The Bertz CT molecular complexity index is 776. The van der Waals surface area contributed by atoms with Crippen LogP contribution < -0.4 is 10.2 Å². The van der Waals surface area contributed by atoms with Gasteiger partial charge < -0.3 is 20.1 Å². The van der Waals surface area contributed by atoms with Crippen LogP contribution in [0.4, 0.5) is 5.82 Å². The van der Waals surface area contributed by atoms with Gasteiger partial charge in [-0.15, -0.1) is 36.2 Å². The van der Waals surface area contributed by atoms with Crippen molar-refractivity contribution in [2.24, 2.45) is 11.8 Å². The topological polar surface area (TPSA) is 70.5 Å². The van der Waals surface area contributed by atoms with Gasteiger partial charge in [-0.1, -0.05) is 0 Å². The number of hydrogen-bond donors (Lipinski definition) is 2. The Balaban J connectivity index is 0.000000911. The van der Waals surface area contributed by atoms with Gasteiger partial charge in [0.2, 0.25) is 0 Å². The second-order valence-electron chi connectivity index (χ2n) is 6.91. The molecule has 2 aromatic heterocycles. The zero-order valence-electron chi connectivity index (χ0n) is 13.8. The molecule has 0 amide bonds. The Kier molecular flexibility index (Phi) is 5.18. The summed E-state index contributed by atoms with van der Waals surface area (Å²) in [5.74, 6) is 2.41. The highest BCUT2D eigenvalue weighted by Crippen LogP contribution is 2.48. The van der Waals surface area contributed by atoms with Crippen molar-refractivity contribution >= 4 is 52.2 Å². The zero-order chi connectivity index (χ0) is 15.6. The number of anilines is 1. The van der Waals surface area contributed by atoms with Crippen LogP contribution in [0.3, 0.4) is 0 Å². The van der Waals surface area contributed by atoms with Crippen LogP contribution in [-0.4, -0.2) is 59.6 Å². The molecule has 25 heavy (non-hydrogen) atoms.